The first-order chi connectivity index (χ1) is 8.84. The zero-order chi connectivity index (χ0) is 13.2. The molecule has 0 aromatic heterocycles. The number of rotatable bonds is 4. The Labute approximate surface area is 145 Å². The third-order valence-electron chi connectivity index (χ3n) is 4.23. The fourth-order valence-corrected chi connectivity index (χ4v) is 2.91. The van der Waals surface area contributed by atoms with Gasteiger partial charge in [-0.05, 0) is 31.1 Å². The van der Waals surface area contributed by atoms with Gasteiger partial charge in [-0.2, -0.15) is 0 Å². The van der Waals surface area contributed by atoms with Crippen molar-refractivity contribution in [1.82, 2.24) is 0 Å². The van der Waals surface area contributed by atoms with Crippen molar-refractivity contribution in [2.24, 2.45) is 11.8 Å². The molecule has 0 unspecified atom stereocenters. The maximum Gasteiger partial charge on any atom is 0.0542 e. The molecule has 0 amide bonds. The van der Waals surface area contributed by atoms with Gasteiger partial charge in [0.1, 0.15) is 0 Å². The van der Waals surface area contributed by atoms with Gasteiger partial charge in [-0.1, -0.05) is 46.5 Å². The SMILES string of the molecule is CC.CC1CCC(CCOC2CC[N-]CC2)CC1.[Y]. The van der Waals surface area contributed by atoms with Gasteiger partial charge in [0, 0.05) is 39.3 Å². The van der Waals surface area contributed by atoms with Crippen molar-refractivity contribution in [3.05, 3.63) is 5.32 Å². The van der Waals surface area contributed by atoms with Crippen LogP contribution in [0, 0.1) is 11.8 Å². The summed E-state index contributed by atoms with van der Waals surface area (Å²) in [6.45, 7) is 9.42. The maximum absolute atomic E-state index is 5.95. The van der Waals surface area contributed by atoms with Gasteiger partial charge in [-0.15, -0.1) is 13.1 Å². The molecule has 2 nitrogen and oxygen atoms in total. The minimum absolute atomic E-state index is 0. The molecule has 2 fully saturated rings. The molecule has 111 valence electrons. The molecule has 0 aromatic rings. The van der Waals surface area contributed by atoms with Gasteiger partial charge >= 0.3 is 0 Å². The summed E-state index contributed by atoms with van der Waals surface area (Å²) in [5.41, 5.74) is 0. The number of hydrogen-bond acceptors (Lipinski definition) is 1. The second-order valence-corrected chi connectivity index (χ2v) is 5.66. The maximum atomic E-state index is 5.95. The monoisotopic (exact) mass is 343 g/mol. The quantitative estimate of drug-likeness (QED) is 0.720. The fourth-order valence-electron chi connectivity index (χ4n) is 2.91. The average Bonchev–Trinajstić information content (AvgIpc) is 2.44. The Hall–Kier alpha value is 1.02. The Kier molecular flexibility index (Phi) is 13.4. The average molecular weight is 343 g/mol. The number of nitrogens with zero attached hydrogens (tertiary/aromatic N) is 1. The molecule has 3 heteroatoms. The van der Waals surface area contributed by atoms with Gasteiger partial charge in [0.15, 0.2) is 0 Å². The Bertz CT molecular complexity index is 187. The minimum atomic E-state index is 0. The molecule has 2 aliphatic rings. The van der Waals surface area contributed by atoms with Crippen LogP contribution >= 0.6 is 0 Å². The smallest absolute Gasteiger partial charge is 0.0542 e. The van der Waals surface area contributed by atoms with Crippen molar-refractivity contribution >= 4 is 0 Å². The van der Waals surface area contributed by atoms with E-state index in [9.17, 15) is 0 Å². The van der Waals surface area contributed by atoms with Gasteiger partial charge in [0.2, 0.25) is 0 Å². The number of piperidine rings is 1. The molecule has 0 atom stereocenters. The van der Waals surface area contributed by atoms with E-state index < -0.39 is 0 Å². The molecule has 1 saturated heterocycles. The normalized spacial score (nSPS) is 27.9. The fraction of sp³-hybridized carbons (Fsp3) is 1.00. The van der Waals surface area contributed by atoms with Gasteiger partial charge in [0.05, 0.1) is 6.10 Å². The topological polar surface area (TPSA) is 23.3 Å². The van der Waals surface area contributed by atoms with Crippen molar-refractivity contribution in [2.45, 2.75) is 71.8 Å². The van der Waals surface area contributed by atoms with E-state index >= 15 is 0 Å². The van der Waals surface area contributed by atoms with Gasteiger partial charge in [-0.25, -0.2) is 0 Å². The molecular formula is C16H32NOY-. The van der Waals surface area contributed by atoms with Crippen molar-refractivity contribution in [1.29, 1.82) is 0 Å². The Morgan fingerprint density at radius 1 is 0.947 bits per heavy atom. The number of hydrogen-bond donors (Lipinski definition) is 0. The second kappa shape index (κ2) is 12.7. The largest absolute Gasteiger partial charge is 0.662 e. The first-order valence-corrected chi connectivity index (χ1v) is 8.09. The molecular weight excluding hydrogens is 311 g/mol. The molecule has 0 spiro atoms. The van der Waals surface area contributed by atoms with Crippen LogP contribution in [0.2, 0.25) is 0 Å². The third-order valence-corrected chi connectivity index (χ3v) is 4.23. The van der Waals surface area contributed by atoms with Gasteiger partial charge < -0.3 is 10.1 Å². The summed E-state index contributed by atoms with van der Waals surface area (Å²) in [4.78, 5) is 0. The van der Waals surface area contributed by atoms with Crippen LogP contribution in [0.1, 0.15) is 65.7 Å². The molecule has 0 aromatic carbocycles. The third kappa shape index (κ3) is 8.80. The molecule has 1 aliphatic heterocycles. The van der Waals surface area contributed by atoms with Crippen LogP contribution in [0.15, 0.2) is 0 Å². The summed E-state index contributed by atoms with van der Waals surface area (Å²) < 4.78 is 5.95. The van der Waals surface area contributed by atoms with Crippen LogP contribution in [0.5, 0.6) is 0 Å². The summed E-state index contributed by atoms with van der Waals surface area (Å²) in [6, 6.07) is 0. The van der Waals surface area contributed by atoms with E-state index in [0.29, 0.717) is 6.10 Å². The Morgan fingerprint density at radius 2 is 1.53 bits per heavy atom. The molecule has 1 aliphatic carbocycles. The summed E-state index contributed by atoms with van der Waals surface area (Å²) in [5, 5.41) is 4.35. The Balaban J connectivity index is 0.00000103. The zero-order valence-electron chi connectivity index (χ0n) is 13.2. The van der Waals surface area contributed by atoms with Gasteiger partial charge in [-0.3, -0.25) is 0 Å². The summed E-state index contributed by atoms with van der Waals surface area (Å²) in [6.07, 6.45) is 9.86. The molecule has 0 N–H and O–H groups in total. The predicted octanol–water partition coefficient (Wildman–Crippen LogP) is 4.78. The van der Waals surface area contributed by atoms with E-state index in [2.05, 4.69) is 12.2 Å². The second-order valence-electron chi connectivity index (χ2n) is 5.66. The van der Waals surface area contributed by atoms with Crippen molar-refractivity contribution in [3.8, 4) is 0 Å². The van der Waals surface area contributed by atoms with E-state index in [1.165, 1.54) is 32.1 Å². The van der Waals surface area contributed by atoms with Crippen LogP contribution in [0.3, 0.4) is 0 Å². The zero-order valence-corrected chi connectivity index (χ0v) is 16.1. The van der Waals surface area contributed by atoms with Crippen molar-refractivity contribution < 1.29 is 37.4 Å². The summed E-state index contributed by atoms with van der Waals surface area (Å²) in [7, 11) is 0. The van der Waals surface area contributed by atoms with Gasteiger partial charge in [0.25, 0.3) is 0 Å². The molecule has 2 rings (SSSR count). The summed E-state index contributed by atoms with van der Waals surface area (Å²) >= 11 is 0. The molecule has 19 heavy (non-hydrogen) atoms. The minimum Gasteiger partial charge on any atom is -0.662 e. The van der Waals surface area contributed by atoms with E-state index in [0.717, 1.165) is 44.4 Å². The van der Waals surface area contributed by atoms with Crippen molar-refractivity contribution in [2.75, 3.05) is 19.7 Å². The standard InChI is InChI=1S/C14H26NO.C2H6.Y/c1-12-2-4-13(5-3-12)8-11-16-14-6-9-15-10-7-14;1-2;/h12-14H,2-11H2,1H3;1-2H3;/q-1;;. The van der Waals surface area contributed by atoms with Crippen molar-refractivity contribution in [3.63, 3.8) is 0 Å². The predicted molar refractivity (Wildman–Crippen MR) is 79.2 cm³/mol. The van der Waals surface area contributed by atoms with E-state index in [1.807, 2.05) is 13.8 Å². The molecule has 0 bridgehead atoms. The van der Waals surface area contributed by atoms with Crippen LogP contribution < -0.4 is 0 Å². The number of ether oxygens (including phenoxy) is 1. The van der Waals surface area contributed by atoms with Crippen LogP contribution in [-0.2, 0) is 37.4 Å². The first kappa shape index (κ1) is 20.0. The molecule has 1 radical (unpaired) electrons. The first-order valence-electron chi connectivity index (χ1n) is 8.09. The summed E-state index contributed by atoms with van der Waals surface area (Å²) in [5.74, 6) is 1.92. The Morgan fingerprint density at radius 3 is 2.11 bits per heavy atom. The van der Waals surface area contributed by atoms with E-state index in [-0.39, 0.29) is 32.7 Å². The van der Waals surface area contributed by atoms with E-state index in [4.69, 9.17) is 4.74 Å². The van der Waals surface area contributed by atoms with Crippen LogP contribution in [0.25, 0.3) is 5.32 Å². The van der Waals surface area contributed by atoms with Crippen LogP contribution in [-0.4, -0.2) is 25.8 Å². The molecule has 1 saturated carbocycles. The van der Waals surface area contributed by atoms with E-state index in [1.54, 1.807) is 0 Å². The van der Waals surface area contributed by atoms with Crippen LogP contribution in [0.4, 0.5) is 0 Å². The molecule has 1 heterocycles.